The van der Waals surface area contributed by atoms with Gasteiger partial charge in [0.05, 0.1) is 12.1 Å². The lowest BCUT2D eigenvalue weighted by atomic mass is 10.3. The first-order chi connectivity index (χ1) is 10.2. The summed E-state index contributed by atoms with van der Waals surface area (Å²) in [6, 6.07) is 4.02. The Morgan fingerprint density at radius 3 is 2.90 bits per heavy atom. The highest BCUT2D eigenvalue weighted by atomic mass is 16.1. The SMILES string of the molecule is CCNC(=NCCNC(=O)c1cccnc1)NC1CC1C. The van der Waals surface area contributed by atoms with Crippen LogP contribution in [0.3, 0.4) is 0 Å². The van der Waals surface area contributed by atoms with Crippen LogP contribution in [0, 0.1) is 5.92 Å². The molecule has 0 spiro atoms. The van der Waals surface area contributed by atoms with Crippen LogP contribution in [0.2, 0.25) is 0 Å². The third-order valence-electron chi connectivity index (χ3n) is 3.37. The molecule has 0 radical (unpaired) electrons. The Hall–Kier alpha value is -2.11. The predicted molar refractivity (Wildman–Crippen MR) is 83.3 cm³/mol. The summed E-state index contributed by atoms with van der Waals surface area (Å²) < 4.78 is 0. The Kier molecular flexibility index (Phi) is 5.54. The van der Waals surface area contributed by atoms with E-state index in [4.69, 9.17) is 0 Å². The molecule has 2 unspecified atom stereocenters. The van der Waals surface area contributed by atoms with Crippen molar-refractivity contribution in [1.29, 1.82) is 0 Å². The Morgan fingerprint density at radius 2 is 2.29 bits per heavy atom. The fraction of sp³-hybridized carbons (Fsp3) is 0.533. The van der Waals surface area contributed by atoms with Crippen molar-refractivity contribution in [2.24, 2.45) is 10.9 Å². The summed E-state index contributed by atoms with van der Waals surface area (Å²) in [6.45, 7) is 6.13. The maximum absolute atomic E-state index is 11.8. The molecular formula is C15H23N5O. The number of aromatic nitrogens is 1. The molecule has 0 bridgehead atoms. The van der Waals surface area contributed by atoms with E-state index in [-0.39, 0.29) is 5.91 Å². The molecule has 21 heavy (non-hydrogen) atoms. The number of carbonyl (C=O) groups is 1. The van der Waals surface area contributed by atoms with Crippen LogP contribution >= 0.6 is 0 Å². The van der Waals surface area contributed by atoms with E-state index in [9.17, 15) is 4.79 Å². The maximum atomic E-state index is 11.8. The fourth-order valence-corrected chi connectivity index (χ4v) is 1.96. The minimum atomic E-state index is -0.118. The van der Waals surface area contributed by atoms with Crippen LogP contribution < -0.4 is 16.0 Å². The molecule has 1 heterocycles. The van der Waals surface area contributed by atoms with Gasteiger partial charge in [0, 0.05) is 31.5 Å². The number of pyridine rings is 1. The highest BCUT2D eigenvalue weighted by molar-refractivity contribution is 5.93. The van der Waals surface area contributed by atoms with Gasteiger partial charge in [-0.05, 0) is 31.4 Å². The minimum Gasteiger partial charge on any atom is -0.357 e. The molecule has 1 saturated carbocycles. The molecule has 1 amide bonds. The van der Waals surface area contributed by atoms with Crippen LogP contribution in [-0.2, 0) is 0 Å². The van der Waals surface area contributed by atoms with Crippen molar-refractivity contribution >= 4 is 11.9 Å². The molecule has 1 fully saturated rings. The lowest BCUT2D eigenvalue weighted by molar-refractivity contribution is 0.0954. The number of hydrogen-bond donors (Lipinski definition) is 3. The molecule has 2 rings (SSSR count). The van der Waals surface area contributed by atoms with E-state index in [1.54, 1.807) is 24.5 Å². The van der Waals surface area contributed by atoms with Crippen molar-refractivity contribution in [3.63, 3.8) is 0 Å². The van der Waals surface area contributed by atoms with Gasteiger partial charge in [-0.2, -0.15) is 0 Å². The molecular weight excluding hydrogens is 266 g/mol. The summed E-state index contributed by atoms with van der Waals surface area (Å²) in [4.78, 5) is 20.2. The number of amides is 1. The van der Waals surface area contributed by atoms with Gasteiger partial charge >= 0.3 is 0 Å². The van der Waals surface area contributed by atoms with E-state index in [1.165, 1.54) is 6.42 Å². The zero-order valence-corrected chi connectivity index (χ0v) is 12.6. The molecule has 1 aromatic heterocycles. The van der Waals surface area contributed by atoms with Crippen molar-refractivity contribution in [1.82, 2.24) is 20.9 Å². The zero-order valence-electron chi connectivity index (χ0n) is 12.6. The van der Waals surface area contributed by atoms with Crippen LogP contribution in [-0.4, -0.2) is 42.5 Å². The first kappa shape index (κ1) is 15.3. The number of guanidine groups is 1. The summed E-state index contributed by atoms with van der Waals surface area (Å²) in [5.74, 6) is 1.42. The number of nitrogens with one attached hydrogen (secondary N) is 3. The molecule has 0 aliphatic heterocycles. The van der Waals surface area contributed by atoms with Gasteiger partial charge in [0.2, 0.25) is 0 Å². The van der Waals surface area contributed by atoms with Gasteiger partial charge in [-0.25, -0.2) is 0 Å². The van der Waals surface area contributed by atoms with Crippen LogP contribution in [0.15, 0.2) is 29.5 Å². The smallest absolute Gasteiger partial charge is 0.252 e. The quantitative estimate of drug-likeness (QED) is 0.411. The van der Waals surface area contributed by atoms with E-state index in [2.05, 4.69) is 32.9 Å². The fourth-order valence-electron chi connectivity index (χ4n) is 1.96. The largest absolute Gasteiger partial charge is 0.357 e. The van der Waals surface area contributed by atoms with Crippen molar-refractivity contribution in [3.05, 3.63) is 30.1 Å². The van der Waals surface area contributed by atoms with Gasteiger partial charge < -0.3 is 16.0 Å². The summed E-state index contributed by atoms with van der Waals surface area (Å²) >= 11 is 0. The first-order valence-corrected chi connectivity index (χ1v) is 7.43. The second-order valence-electron chi connectivity index (χ2n) is 5.22. The Bertz CT molecular complexity index is 488. The normalized spacial score (nSPS) is 20.8. The number of nitrogens with zero attached hydrogens (tertiary/aromatic N) is 2. The molecule has 114 valence electrons. The van der Waals surface area contributed by atoms with E-state index in [0.29, 0.717) is 24.7 Å². The number of rotatable bonds is 6. The van der Waals surface area contributed by atoms with Crippen LogP contribution in [0.4, 0.5) is 0 Å². The van der Waals surface area contributed by atoms with Crippen molar-refractivity contribution < 1.29 is 4.79 Å². The van der Waals surface area contributed by atoms with Gasteiger partial charge in [0.15, 0.2) is 5.96 Å². The second-order valence-corrected chi connectivity index (χ2v) is 5.22. The number of carbonyl (C=O) groups excluding carboxylic acids is 1. The topological polar surface area (TPSA) is 78.4 Å². The molecule has 3 N–H and O–H groups in total. The van der Waals surface area contributed by atoms with Gasteiger partial charge in [-0.1, -0.05) is 6.92 Å². The van der Waals surface area contributed by atoms with Crippen LogP contribution in [0.1, 0.15) is 30.6 Å². The third-order valence-corrected chi connectivity index (χ3v) is 3.37. The van der Waals surface area contributed by atoms with E-state index in [1.807, 2.05) is 6.92 Å². The monoisotopic (exact) mass is 289 g/mol. The minimum absolute atomic E-state index is 0.118. The van der Waals surface area contributed by atoms with E-state index in [0.717, 1.165) is 18.4 Å². The van der Waals surface area contributed by atoms with Crippen molar-refractivity contribution in [3.8, 4) is 0 Å². The second kappa shape index (κ2) is 7.61. The van der Waals surface area contributed by atoms with Crippen LogP contribution in [0.25, 0.3) is 0 Å². The van der Waals surface area contributed by atoms with Crippen molar-refractivity contribution in [2.45, 2.75) is 26.3 Å². The third kappa shape index (κ3) is 5.06. The summed E-state index contributed by atoms with van der Waals surface area (Å²) in [5, 5.41) is 9.42. The van der Waals surface area contributed by atoms with Gasteiger partial charge in [-0.3, -0.25) is 14.8 Å². The zero-order chi connectivity index (χ0) is 15.1. The molecule has 1 aliphatic carbocycles. The molecule has 0 saturated heterocycles. The molecule has 6 heteroatoms. The molecule has 1 aliphatic rings. The average molecular weight is 289 g/mol. The highest BCUT2D eigenvalue weighted by Crippen LogP contribution is 2.28. The Balaban J connectivity index is 1.73. The lowest BCUT2D eigenvalue weighted by Crippen LogP contribution is -2.39. The first-order valence-electron chi connectivity index (χ1n) is 7.43. The predicted octanol–water partition coefficient (Wildman–Crippen LogP) is 0.775. The van der Waals surface area contributed by atoms with Gasteiger partial charge in [0.1, 0.15) is 0 Å². The average Bonchev–Trinajstić information content (AvgIpc) is 3.19. The molecule has 1 aromatic rings. The number of aliphatic imine (C=N–C) groups is 1. The highest BCUT2D eigenvalue weighted by Gasteiger charge is 2.33. The number of hydrogen-bond acceptors (Lipinski definition) is 3. The van der Waals surface area contributed by atoms with Gasteiger partial charge in [-0.15, -0.1) is 0 Å². The van der Waals surface area contributed by atoms with Crippen molar-refractivity contribution in [2.75, 3.05) is 19.6 Å². The molecule has 6 nitrogen and oxygen atoms in total. The summed E-state index contributed by atoms with van der Waals surface area (Å²) in [5.41, 5.74) is 0.568. The summed E-state index contributed by atoms with van der Waals surface area (Å²) in [7, 11) is 0. The molecule has 2 atom stereocenters. The van der Waals surface area contributed by atoms with E-state index < -0.39 is 0 Å². The summed E-state index contributed by atoms with van der Waals surface area (Å²) in [6.07, 6.45) is 4.40. The lowest BCUT2D eigenvalue weighted by Gasteiger charge is -2.10. The standard InChI is InChI=1S/C15H23N5O/c1-3-17-15(20-13-9-11(13)2)19-8-7-18-14(21)12-5-4-6-16-10-12/h4-6,10-11,13H,3,7-9H2,1-2H3,(H,18,21)(H2,17,19,20). The van der Waals surface area contributed by atoms with E-state index >= 15 is 0 Å². The van der Waals surface area contributed by atoms with Crippen LogP contribution in [0.5, 0.6) is 0 Å². The maximum Gasteiger partial charge on any atom is 0.252 e. The van der Waals surface area contributed by atoms with Gasteiger partial charge in [0.25, 0.3) is 5.91 Å². The Labute approximate surface area is 125 Å². The Morgan fingerprint density at radius 1 is 1.48 bits per heavy atom. The molecule has 0 aromatic carbocycles.